The first-order valence-electron chi connectivity index (χ1n) is 16.2. The van der Waals surface area contributed by atoms with Crippen molar-refractivity contribution in [2.75, 3.05) is 0 Å². The van der Waals surface area contributed by atoms with Crippen molar-refractivity contribution in [2.45, 2.75) is 137 Å². The van der Waals surface area contributed by atoms with Crippen LogP contribution in [0.25, 0.3) is 14.9 Å². The van der Waals surface area contributed by atoms with Crippen LogP contribution in [0.15, 0.2) is 54.6 Å². The van der Waals surface area contributed by atoms with Gasteiger partial charge < -0.3 is 29.9 Å². The molecular formula is C36H63N6NdSi3. The van der Waals surface area contributed by atoms with Crippen molar-refractivity contribution in [2.24, 2.45) is 0 Å². The molecule has 0 aliphatic heterocycles. The summed E-state index contributed by atoms with van der Waals surface area (Å²) in [4.78, 5) is 27.9. The van der Waals surface area contributed by atoms with Crippen LogP contribution in [0.2, 0.25) is 54.4 Å². The van der Waals surface area contributed by atoms with Gasteiger partial charge >= 0.3 is 40.8 Å². The first kappa shape index (κ1) is 44.9. The molecule has 0 spiro atoms. The molecule has 0 unspecified atom stereocenters. The maximum absolute atomic E-state index is 4.85. The molecule has 3 aromatic rings. The summed E-state index contributed by atoms with van der Waals surface area (Å²) in [5, 5.41) is 0.829. The average molecular weight is 808 g/mol. The van der Waals surface area contributed by atoms with Crippen LogP contribution in [0.5, 0.6) is 0 Å². The fourth-order valence-corrected chi connectivity index (χ4v) is 6.23. The van der Waals surface area contributed by atoms with Gasteiger partial charge in [-0.05, 0) is 35.9 Å². The Bertz CT molecular complexity index is 1190. The van der Waals surface area contributed by atoms with Crippen molar-refractivity contribution in [1.82, 2.24) is 15.0 Å². The molecule has 46 heavy (non-hydrogen) atoms. The Morgan fingerprint density at radius 3 is 0.761 bits per heavy atom. The fourth-order valence-electron chi connectivity index (χ4n) is 3.14. The predicted octanol–water partition coefficient (Wildman–Crippen LogP) is 13.2. The third kappa shape index (κ3) is 15.0. The summed E-state index contributed by atoms with van der Waals surface area (Å²) in [6.07, 6.45) is 0. The van der Waals surface area contributed by atoms with Crippen LogP contribution in [0.1, 0.15) is 79.4 Å². The van der Waals surface area contributed by atoms with Crippen molar-refractivity contribution >= 4 is 42.2 Å². The molecule has 0 aromatic carbocycles. The van der Waals surface area contributed by atoms with Gasteiger partial charge in [-0.25, -0.2) is 0 Å². The second-order valence-corrected chi connectivity index (χ2v) is 31.2. The zero-order chi connectivity index (χ0) is 35.1. The Morgan fingerprint density at radius 2 is 0.609 bits per heavy atom. The Hall–Kier alpha value is -1.15. The van der Waals surface area contributed by atoms with Gasteiger partial charge in [0.15, 0.2) is 0 Å². The van der Waals surface area contributed by atoms with Gasteiger partial charge in [0, 0.05) is 0 Å². The summed E-state index contributed by atoms with van der Waals surface area (Å²) < 4.78 is 0. The van der Waals surface area contributed by atoms with E-state index < -0.39 is 24.7 Å². The molecule has 0 saturated heterocycles. The molecule has 6 nitrogen and oxygen atoms in total. The van der Waals surface area contributed by atoms with E-state index in [9.17, 15) is 0 Å². The Morgan fingerprint density at radius 1 is 0.413 bits per heavy atom. The number of nitrogens with zero attached hydrogens (tertiary/aromatic N) is 6. The summed E-state index contributed by atoms with van der Waals surface area (Å²) in [7, 11) is -4.82. The molecule has 0 fully saturated rings. The second-order valence-electron chi connectivity index (χ2n) is 16.7. The number of pyridine rings is 3. The molecule has 0 N–H and O–H groups in total. The van der Waals surface area contributed by atoms with Gasteiger partial charge in [-0.2, -0.15) is 0 Å². The summed E-state index contributed by atoms with van der Waals surface area (Å²) in [5.74, 6) is 2.67. The van der Waals surface area contributed by atoms with E-state index in [2.05, 4.69) is 117 Å². The number of hydrogen-bond donors (Lipinski definition) is 0. The molecule has 3 aromatic heterocycles. The van der Waals surface area contributed by atoms with Gasteiger partial charge in [0.1, 0.15) is 0 Å². The molecule has 253 valence electrons. The van der Waals surface area contributed by atoms with Gasteiger partial charge in [0.2, 0.25) is 0 Å². The molecule has 0 amide bonds. The van der Waals surface area contributed by atoms with Gasteiger partial charge in [0.05, 0.1) is 24.7 Å². The van der Waals surface area contributed by atoms with Crippen LogP contribution in [-0.4, -0.2) is 39.7 Å². The van der Waals surface area contributed by atoms with E-state index in [0.717, 1.165) is 34.5 Å². The molecule has 3 heterocycles. The second kappa shape index (κ2) is 17.5. The van der Waals surface area contributed by atoms with Gasteiger partial charge in [-0.3, -0.25) is 0 Å². The van der Waals surface area contributed by atoms with Crippen molar-refractivity contribution in [3.8, 4) is 0 Å². The molecule has 1 radical (unpaired) electrons. The minimum Gasteiger partial charge on any atom is -0.471 e. The zero-order valence-electron chi connectivity index (χ0n) is 32.4. The zero-order valence-corrected chi connectivity index (χ0v) is 38.6. The largest absolute Gasteiger partial charge is 3.00 e. The van der Waals surface area contributed by atoms with Crippen LogP contribution < -0.4 is 0 Å². The monoisotopic (exact) mass is 805 g/mol. The quantitative estimate of drug-likeness (QED) is 0.233. The Balaban J connectivity index is 0.000000653. The molecule has 0 aliphatic rings. The van der Waals surface area contributed by atoms with Crippen LogP contribution >= 0.6 is 0 Å². The van der Waals surface area contributed by atoms with Crippen LogP contribution in [-0.2, 0) is 0 Å². The van der Waals surface area contributed by atoms with Crippen molar-refractivity contribution in [1.29, 1.82) is 0 Å². The Labute approximate surface area is 319 Å². The molecule has 0 atom stereocenters. The van der Waals surface area contributed by atoms with Crippen molar-refractivity contribution < 1.29 is 40.8 Å². The average Bonchev–Trinajstić information content (AvgIpc) is 2.82. The summed E-state index contributed by atoms with van der Waals surface area (Å²) in [5.41, 5.74) is 3.11. The maximum Gasteiger partial charge on any atom is 3.00 e. The van der Waals surface area contributed by atoms with E-state index in [0.29, 0.717) is 0 Å². The van der Waals surface area contributed by atoms with E-state index in [1.54, 1.807) is 0 Å². The SMILES string of the molecule is Cc1cccc([N-][Si](C)(C)C(C)(C)C)n1.Cc1cccc([N-][Si](C)(C)C(C)(C)C)n1.Cc1cccc([N-][Si](C)(C)C(C)(C)C)n1.[Nd+3]. The minimum atomic E-state index is -1.61. The molecule has 0 aliphatic carbocycles. The molecule has 0 saturated carbocycles. The standard InChI is InChI=1S/3C12H21N2Si.Nd/c3*1-10-8-7-9-11(13-10)14-15(5,6)12(2,3)4;/h3*7-9H,1-6H3;/q3*-1;+3. The first-order chi connectivity index (χ1) is 20.2. The molecule has 10 heteroatoms. The third-order valence-electron chi connectivity index (χ3n) is 9.31. The van der Waals surface area contributed by atoms with Crippen LogP contribution in [0, 0.1) is 61.6 Å². The van der Waals surface area contributed by atoms with Gasteiger partial charge in [0.25, 0.3) is 0 Å². The smallest absolute Gasteiger partial charge is 0.471 e. The maximum atomic E-state index is 4.85. The first-order valence-corrected chi connectivity index (χ1v) is 25.0. The summed E-state index contributed by atoms with van der Waals surface area (Å²) in [6.45, 7) is 40.1. The topological polar surface area (TPSA) is 81.0 Å². The van der Waals surface area contributed by atoms with Crippen LogP contribution in [0.3, 0.4) is 0 Å². The van der Waals surface area contributed by atoms with Crippen LogP contribution in [0.4, 0.5) is 17.5 Å². The Kier molecular flexibility index (Phi) is 17.1. The van der Waals surface area contributed by atoms with Crippen molar-refractivity contribution in [3.05, 3.63) is 86.6 Å². The van der Waals surface area contributed by atoms with E-state index in [-0.39, 0.29) is 56.0 Å². The summed E-state index contributed by atoms with van der Waals surface area (Å²) >= 11 is 0. The normalized spacial score (nSPS) is 12.4. The number of hydrogen-bond acceptors (Lipinski definition) is 3. The van der Waals surface area contributed by atoms with Crippen molar-refractivity contribution in [3.63, 3.8) is 0 Å². The minimum absolute atomic E-state index is 0. The van der Waals surface area contributed by atoms with E-state index in [4.69, 9.17) is 14.9 Å². The number of aryl methyl sites for hydroxylation is 3. The molecular weight excluding hydrogens is 745 g/mol. The molecule has 0 bridgehead atoms. The predicted molar refractivity (Wildman–Crippen MR) is 208 cm³/mol. The van der Waals surface area contributed by atoms with E-state index in [1.165, 1.54) is 0 Å². The molecule has 3 rings (SSSR count). The number of aromatic nitrogens is 3. The fraction of sp³-hybridized carbons (Fsp3) is 0.583. The number of rotatable bonds is 6. The summed E-state index contributed by atoms with van der Waals surface area (Å²) in [6, 6.07) is 18.1. The van der Waals surface area contributed by atoms with E-state index in [1.807, 2.05) is 75.4 Å². The van der Waals surface area contributed by atoms with Gasteiger partial charge in [-0.15, -0.1) is 0 Å². The van der Waals surface area contributed by atoms with E-state index >= 15 is 0 Å². The van der Waals surface area contributed by atoms with Gasteiger partial charge in [-0.1, -0.05) is 191 Å². The third-order valence-corrected chi connectivity index (χ3v) is 22.7.